The van der Waals surface area contributed by atoms with Gasteiger partial charge in [-0.1, -0.05) is 18.2 Å². The highest BCUT2D eigenvalue weighted by molar-refractivity contribution is 9.11. The van der Waals surface area contributed by atoms with Crippen LogP contribution < -0.4 is 11.1 Å². The summed E-state index contributed by atoms with van der Waals surface area (Å²) in [5.41, 5.74) is 9.60. The largest absolute Gasteiger partial charge is 0.465 e. The quantitative estimate of drug-likeness (QED) is 0.278. The second kappa shape index (κ2) is 16.6. The predicted octanol–water partition coefficient (Wildman–Crippen LogP) is 4.55. The number of fused-ring (bicyclic) bond motifs is 1. The number of piperidine rings is 2. The van der Waals surface area contributed by atoms with E-state index in [1.165, 1.54) is 0 Å². The number of nitrogens with zero attached hydrogens (tertiary/aromatic N) is 5. The van der Waals surface area contributed by atoms with Gasteiger partial charge in [-0.3, -0.25) is 19.3 Å². The fraction of sp³-hybridized carbons (Fsp3) is 0.568. The molecule has 0 aromatic heterocycles. The Bertz CT molecular complexity index is 1590. The molecule has 0 aliphatic carbocycles. The van der Waals surface area contributed by atoms with E-state index in [0.717, 1.165) is 51.7 Å². The molecule has 4 amide bonds. The lowest BCUT2D eigenvalue weighted by Gasteiger charge is -2.46. The zero-order valence-corrected chi connectivity index (χ0v) is 32.7. The van der Waals surface area contributed by atoms with Crippen molar-refractivity contribution in [1.29, 1.82) is 0 Å². The van der Waals surface area contributed by atoms with E-state index in [2.05, 4.69) is 47.0 Å². The van der Waals surface area contributed by atoms with E-state index >= 15 is 0 Å². The van der Waals surface area contributed by atoms with Crippen LogP contribution >= 0.6 is 31.9 Å². The lowest BCUT2D eigenvalue weighted by Crippen LogP contribution is -2.61. The number of carbonyl (C=O) groups excluding carboxylic acids is 4. The van der Waals surface area contributed by atoms with Gasteiger partial charge in [-0.05, 0) is 107 Å². The standard InChI is InChI=1S/C37H49Br2N7O5/c1-3-51-36(49)32-23-42(2)16-17-45(32)27-10-14-44(15-11-27)35(48)26(18-24-19-29(38)34(40)30(39)20-24)21-33(47)43-12-8-28(9-13-43)46-22-25-6-4-5-7-31(25)41-37(46)50/h4-7,19-20,26-28,32H,3,8-18,21-23,40H2,1-2H3,(H,41,50). The van der Waals surface area contributed by atoms with Crippen LogP contribution in [0.15, 0.2) is 45.3 Å². The highest BCUT2D eigenvalue weighted by atomic mass is 79.9. The number of benzene rings is 2. The first-order chi connectivity index (χ1) is 24.5. The van der Waals surface area contributed by atoms with Crippen LogP contribution in [0.25, 0.3) is 0 Å². The molecular formula is C37H49Br2N7O5. The molecule has 4 aliphatic heterocycles. The van der Waals surface area contributed by atoms with E-state index in [1.807, 2.05) is 65.1 Å². The number of hydrogen-bond donors (Lipinski definition) is 2. The van der Waals surface area contributed by atoms with Crippen molar-refractivity contribution in [3.05, 3.63) is 56.5 Å². The van der Waals surface area contributed by atoms with E-state index in [4.69, 9.17) is 10.5 Å². The predicted molar refractivity (Wildman–Crippen MR) is 203 cm³/mol. The molecule has 2 unspecified atom stereocenters. The number of piperazine rings is 1. The van der Waals surface area contributed by atoms with Crippen molar-refractivity contribution in [2.75, 3.05) is 70.5 Å². The summed E-state index contributed by atoms with van der Waals surface area (Å²) in [5.74, 6) is -0.798. The number of likely N-dealkylation sites (N-methyl/N-ethyl adjacent to an activating group) is 1. The van der Waals surface area contributed by atoms with Crippen molar-refractivity contribution in [1.82, 2.24) is 24.5 Å². The normalized spacial score (nSPS) is 21.6. The number of nitrogens with two attached hydrogens (primary N) is 1. The van der Waals surface area contributed by atoms with Crippen LogP contribution in [-0.4, -0.2) is 126 Å². The minimum Gasteiger partial charge on any atom is -0.465 e. The number of carbonyl (C=O) groups is 4. The number of amides is 4. The highest BCUT2D eigenvalue weighted by Crippen LogP contribution is 2.33. The average Bonchev–Trinajstić information content (AvgIpc) is 3.13. The Hall–Kier alpha value is -3.20. The lowest BCUT2D eigenvalue weighted by molar-refractivity contribution is -0.154. The molecule has 0 radical (unpaired) electrons. The van der Waals surface area contributed by atoms with E-state index < -0.39 is 5.92 Å². The molecule has 0 saturated carbocycles. The van der Waals surface area contributed by atoms with Gasteiger partial charge in [0.05, 0.1) is 18.2 Å². The van der Waals surface area contributed by atoms with Crippen LogP contribution in [0.4, 0.5) is 16.2 Å². The van der Waals surface area contributed by atoms with Gasteiger partial charge in [-0.25, -0.2) is 4.79 Å². The van der Waals surface area contributed by atoms with Crippen molar-refractivity contribution in [3.8, 4) is 0 Å². The number of hydrogen-bond acceptors (Lipinski definition) is 8. The summed E-state index contributed by atoms with van der Waals surface area (Å²) < 4.78 is 6.89. The summed E-state index contributed by atoms with van der Waals surface area (Å²) in [6, 6.07) is 11.5. The fourth-order valence-corrected chi connectivity index (χ4v) is 9.35. The monoisotopic (exact) mass is 829 g/mol. The van der Waals surface area contributed by atoms with Gasteiger partial charge in [0.2, 0.25) is 11.8 Å². The molecule has 51 heavy (non-hydrogen) atoms. The maximum absolute atomic E-state index is 14.3. The number of esters is 1. The van der Waals surface area contributed by atoms with Crippen LogP contribution in [0.5, 0.6) is 0 Å². The van der Waals surface area contributed by atoms with E-state index in [-0.39, 0.29) is 48.4 Å². The molecule has 2 atom stereocenters. The minimum atomic E-state index is -0.547. The summed E-state index contributed by atoms with van der Waals surface area (Å²) in [6.45, 7) is 7.23. The summed E-state index contributed by atoms with van der Waals surface area (Å²) in [5, 5.41) is 3.01. The van der Waals surface area contributed by atoms with Gasteiger partial charge in [0.25, 0.3) is 0 Å². The third-order valence-corrected chi connectivity index (χ3v) is 12.3. The average molecular weight is 832 g/mol. The van der Waals surface area contributed by atoms with Gasteiger partial charge < -0.3 is 35.4 Å². The van der Waals surface area contributed by atoms with Crippen molar-refractivity contribution in [2.24, 2.45) is 5.92 Å². The Morgan fingerprint density at radius 3 is 2.27 bits per heavy atom. The topological polar surface area (TPSA) is 132 Å². The maximum Gasteiger partial charge on any atom is 0.324 e. The first-order valence-electron chi connectivity index (χ1n) is 18.1. The van der Waals surface area contributed by atoms with E-state index in [9.17, 15) is 19.2 Å². The third kappa shape index (κ3) is 8.72. The van der Waals surface area contributed by atoms with Gasteiger partial charge >= 0.3 is 12.0 Å². The Morgan fingerprint density at radius 1 is 0.941 bits per heavy atom. The van der Waals surface area contributed by atoms with Crippen LogP contribution in [0, 0.1) is 5.92 Å². The highest BCUT2D eigenvalue weighted by Gasteiger charge is 2.40. The van der Waals surface area contributed by atoms with Gasteiger partial charge in [-0.15, -0.1) is 0 Å². The molecule has 0 bridgehead atoms. The molecule has 3 fully saturated rings. The number of urea groups is 1. The van der Waals surface area contributed by atoms with Crippen molar-refractivity contribution >= 4 is 67.0 Å². The summed E-state index contributed by atoms with van der Waals surface area (Å²) >= 11 is 7.08. The number of nitrogen functional groups attached to an aromatic ring is 1. The minimum absolute atomic E-state index is 0.0234. The van der Waals surface area contributed by atoms with Crippen LogP contribution in [-0.2, 0) is 32.1 Å². The van der Waals surface area contributed by atoms with Crippen molar-refractivity contribution in [2.45, 2.75) is 70.1 Å². The van der Waals surface area contributed by atoms with Crippen molar-refractivity contribution < 1.29 is 23.9 Å². The third-order valence-electron chi connectivity index (χ3n) is 10.9. The summed E-state index contributed by atoms with van der Waals surface area (Å²) in [6.07, 6.45) is 3.38. The SMILES string of the molecule is CCOC(=O)C1CN(C)CCN1C1CCN(C(=O)C(CC(=O)N2CCC(N3Cc4ccccc4NC3=O)CC2)Cc2cc(Br)c(N)c(Br)c2)CC1. The van der Waals surface area contributed by atoms with E-state index in [0.29, 0.717) is 70.8 Å². The second-order valence-corrected chi connectivity index (χ2v) is 15.9. The molecule has 4 heterocycles. The number of ether oxygens (including phenoxy) is 1. The Morgan fingerprint density at radius 2 is 1.59 bits per heavy atom. The first kappa shape index (κ1) is 37.6. The zero-order chi connectivity index (χ0) is 36.2. The Labute approximate surface area is 317 Å². The number of likely N-dealkylation sites (tertiary alicyclic amines) is 2. The number of anilines is 2. The van der Waals surface area contributed by atoms with Gasteiger partial charge in [0.15, 0.2) is 0 Å². The number of halogens is 2. The van der Waals surface area contributed by atoms with E-state index in [1.54, 1.807) is 0 Å². The fourth-order valence-electron chi connectivity index (χ4n) is 8.07. The number of nitrogens with one attached hydrogen (secondary N) is 1. The number of rotatable bonds is 9. The van der Waals surface area contributed by atoms with Crippen molar-refractivity contribution in [3.63, 3.8) is 0 Å². The van der Waals surface area contributed by atoms with Crippen LogP contribution in [0.1, 0.15) is 50.2 Å². The molecule has 3 saturated heterocycles. The smallest absolute Gasteiger partial charge is 0.324 e. The number of para-hydroxylation sites is 1. The molecule has 2 aromatic rings. The molecule has 4 aliphatic rings. The molecule has 14 heteroatoms. The molecule has 2 aromatic carbocycles. The molecule has 12 nitrogen and oxygen atoms in total. The summed E-state index contributed by atoms with van der Waals surface area (Å²) in [4.78, 5) is 64.1. The lowest BCUT2D eigenvalue weighted by atomic mass is 9.91. The first-order valence-corrected chi connectivity index (χ1v) is 19.7. The van der Waals surface area contributed by atoms with Crippen LogP contribution in [0.3, 0.4) is 0 Å². The molecule has 276 valence electrons. The van der Waals surface area contributed by atoms with Gasteiger partial charge in [-0.2, -0.15) is 0 Å². The Kier molecular flexibility index (Phi) is 12.3. The molecular weight excluding hydrogens is 782 g/mol. The second-order valence-electron chi connectivity index (χ2n) is 14.2. The summed E-state index contributed by atoms with van der Waals surface area (Å²) in [7, 11) is 2.03. The molecule has 0 spiro atoms. The van der Waals surface area contributed by atoms with Gasteiger partial charge in [0, 0.05) is 85.5 Å². The van der Waals surface area contributed by atoms with Crippen LogP contribution in [0.2, 0.25) is 0 Å². The maximum atomic E-state index is 14.3. The molecule has 6 rings (SSSR count). The Balaban J connectivity index is 1.10. The zero-order valence-electron chi connectivity index (χ0n) is 29.5. The van der Waals surface area contributed by atoms with Gasteiger partial charge in [0.1, 0.15) is 6.04 Å². The molecule has 3 N–H and O–H groups in total.